The predicted molar refractivity (Wildman–Crippen MR) is 89.2 cm³/mol. The van der Waals surface area contributed by atoms with E-state index in [0.29, 0.717) is 26.0 Å². The minimum absolute atomic E-state index is 0.0200. The van der Waals surface area contributed by atoms with Gasteiger partial charge in [-0.2, -0.15) is 5.10 Å². The number of hydrogen-bond acceptors (Lipinski definition) is 6. The lowest BCUT2D eigenvalue weighted by molar-refractivity contribution is -0.385. The van der Waals surface area contributed by atoms with Crippen molar-refractivity contribution in [2.45, 2.75) is 0 Å². The summed E-state index contributed by atoms with van der Waals surface area (Å²) >= 11 is 6.67. The van der Waals surface area contributed by atoms with Gasteiger partial charge in [-0.3, -0.25) is 10.1 Å². The number of nitro benzene ring substituents is 1. The monoisotopic (exact) mass is 439 g/mol. The van der Waals surface area contributed by atoms with E-state index in [1.807, 2.05) is 0 Å². The highest BCUT2D eigenvalue weighted by molar-refractivity contribution is 9.11. The fourth-order valence-corrected chi connectivity index (χ4v) is 3.39. The average Bonchev–Trinajstić information content (AvgIpc) is 3.15. The highest BCUT2D eigenvalue weighted by atomic mass is 79.9. The molecule has 10 heteroatoms. The van der Waals surface area contributed by atoms with Crippen LogP contribution in [0, 0.1) is 10.1 Å². The van der Waals surface area contributed by atoms with Crippen molar-refractivity contribution in [1.29, 1.82) is 0 Å². The Morgan fingerprint density at radius 2 is 1.87 bits per heavy atom. The lowest BCUT2D eigenvalue weighted by Crippen LogP contribution is -1.90. The Labute approximate surface area is 146 Å². The summed E-state index contributed by atoms with van der Waals surface area (Å²) in [5.41, 5.74) is 0.660. The minimum Gasteiger partial charge on any atom is -0.455 e. The molecule has 1 aromatic carbocycles. The Kier molecular flexibility index (Phi) is 4.35. The number of nitro groups is 1. The van der Waals surface area contributed by atoms with Gasteiger partial charge in [-0.1, -0.05) is 0 Å². The van der Waals surface area contributed by atoms with Gasteiger partial charge >= 0.3 is 0 Å². The van der Waals surface area contributed by atoms with E-state index in [4.69, 9.17) is 4.42 Å². The van der Waals surface area contributed by atoms with Gasteiger partial charge in [0.25, 0.3) is 5.69 Å². The van der Waals surface area contributed by atoms with E-state index >= 15 is 0 Å². The zero-order chi connectivity index (χ0) is 16.4. The molecule has 3 aromatic rings. The molecule has 0 saturated carbocycles. The van der Waals surface area contributed by atoms with E-state index in [0.717, 1.165) is 0 Å². The number of benzene rings is 1. The third kappa shape index (κ3) is 3.37. The molecule has 0 spiro atoms. The highest BCUT2D eigenvalue weighted by Crippen LogP contribution is 2.38. The van der Waals surface area contributed by atoms with Gasteiger partial charge in [0.05, 0.1) is 11.1 Å². The summed E-state index contributed by atoms with van der Waals surface area (Å²) in [6, 6.07) is 6.34. The molecule has 8 nitrogen and oxygen atoms in total. The SMILES string of the molecule is O=[N+]([O-])c1cc(Br)c(-c2ccc(/C=N/n3cnnc3)o2)c(Br)c1. The van der Waals surface area contributed by atoms with E-state index in [1.54, 1.807) is 12.1 Å². The maximum absolute atomic E-state index is 10.9. The Hall–Kier alpha value is -2.33. The van der Waals surface area contributed by atoms with Gasteiger partial charge in [-0.05, 0) is 44.0 Å². The Balaban J connectivity index is 1.93. The first-order valence-corrected chi connectivity index (χ1v) is 7.76. The summed E-state index contributed by atoms with van der Waals surface area (Å²) in [5, 5.41) is 22.2. The summed E-state index contributed by atoms with van der Waals surface area (Å²) in [5.74, 6) is 1.06. The number of furan rings is 1. The Morgan fingerprint density at radius 3 is 2.48 bits per heavy atom. The second-order valence-electron chi connectivity index (χ2n) is 4.33. The standard InChI is InChI=1S/C13H7Br2N5O3/c14-10-3-8(20(21)22)4-11(15)13(10)12-2-1-9(23-12)5-18-19-6-16-17-7-19/h1-7H/b18-5+. The molecule has 0 radical (unpaired) electrons. The van der Waals surface area contributed by atoms with Crippen LogP contribution in [0.3, 0.4) is 0 Å². The van der Waals surface area contributed by atoms with Crippen molar-refractivity contribution in [2.24, 2.45) is 5.10 Å². The molecular weight excluding hydrogens is 434 g/mol. The van der Waals surface area contributed by atoms with Crippen molar-refractivity contribution in [3.63, 3.8) is 0 Å². The summed E-state index contributed by atoms with van der Waals surface area (Å²) < 4.78 is 8.23. The van der Waals surface area contributed by atoms with E-state index < -0.39 is 4.92 Å². The molecular formula is C13H7Br2N5O3. The average molecular weight is 441 g/mol. The van der Waals surface area contributed by atoms with Gasteiger partial charge in [0.2, 0.25) is 0 Å². The number of non-ortho nitro benzene ring substituents is 1. The van der Waals surface area contributed by atoms with Gasteiger partial charge < -0.3 is 4.42 Å². The van der Waals surface area contributed by atoms with Crippen LogP contribution in [0.4, 0.5) is 5.69 Å². The van der Waals surface area contributed by atoms with E-state index in [1.165, 1.54) is 35.7 Å². The van der Waals surface area contributed by atoms with Crippen LogP contribution in [0.15, 0.2) is 55.4 Å². The van der Waals surface area contributed by atoms with Crippen LogP contribution in [0.5, 0.6) is 0 Å². The third-order valence-electron chi connectivity index (χ3n) is 2.84. The second-order valence-corrected chi connectivity index (χ2v) is 6.04. The molecule has 0 unspecified atom stereocenters. The topological polar surface area (TPSA) is 99.3 Å². The molecule has 0 aliphatic carbocycles. The van der Waals surface area contributed by atoms with Crippen LogP contribution in [-0.4, -0.2) is 26.0 Å². The second kappa shape index (κ2) is 6.42. The molecule has 3 rings (SSSR count). The van der Waals surface area contributed by atoms with E-state index in [-0.39, 0.29) is 5.69 Å². The molecule has 0 aliphatic rings. The fourth-order valence-electron chi connectivity index (χ4n) is 1.84. The molecule has 23 heavy (non-hydrogen) atoms. The molecule has 0 bridgehead atoms. The molecule has 0 fully saturated rings. The molecule has 116 valence electrons. The van der Waals surface area contributed by atoms with Crippen LogP contribution in [0.1, 0.15) is 5.76 Å². The van der Waals surface area contributed by atoms with Gasteiger partial charge in [0.1, 0.15) is 24.2 Å². The first kappa shape index (κ1) is 15.6. The molecule has 0 atom stereocenters. The van der Waals surface area contributed by atoms with E-state index in [2.05, 4.69) is 47.2 Å². The minimum atomic E-state index is -0.460. The molecule has 0 amide bonds. The van der Waals surface area contributed by atoms with Crippen LogP contribution in [-0.2, 0) is 0 Å². The number of halogens is 2. The van der Waals surface area contributed by atoms with Crippen molar-refractivity contribution >= 4 is 43.8 Å². The van der Waals surface area contributed by atoms with Crippen LogP contribution in [0.2, 0.25) is 0 Å². The third-order valence-corrected chi connectivity index (χ3v) is 4.09. The number of rotatable bonds is 4. The number of hydrogen-bond donors (Lipinski definition) is 0. The van der Waals surface area contributed by atoms with Crippen LogP contribution >= 0.6 is 31.9 Å². The molecule has 2 aromatic heterocycles. The number of aromatic nitrogens is 3. The first-order valence-electron chi connectivity index (χ1n) is 6.17. The Bertz CT molecular complexity index is 866. The van der Waals surface area contributed by atoms with Crippen molar-refractivity contribution in [2.75, 3.05) is 0 Å². The highest BCUT2D eigenvalue weighted by Gasteiger charge is 2.17. The van der Waals surface area contributed by atoms with Gasteiger partial charge in [-0.25, -0.2) is 4.68 Å². The quantitative estimate of drug-likeness (QED) is 0.348. The molecule has 0 N–H and O–H groups in total. The fraction of sp³-hybridized carbons (Fsp3) is 0. The molecule has 0 saturated heterocycles. The zero-order valence-electron chi connectivity index (χ0n) is 11.3. The van der Waals surface area contributed by atoms with Crippen molar-refractivity contribution in [3.05, 3.63) is 61.7 Å². The maximum Gasteiger partial charge on any atom is 0.271 e. The summed E-state index contributed by atoms with van der Waals surface area (Å²) in [6.45, 7) is 0. The van der Waals surface area contributed by atoms with Crippen molar-refractivity contribution < 1.29 is 9.34 Å². The summed E-state index contributed by atoms with van der Waals surface area (Å²) in [4.78, 5) is 10.4. The largest absolute Gasteiger partial charge is 0.455 e. The van der Waals surface area contributed by atoms with Gasteiger partial charge in [-0.15, -0.1) is 10.2 Å². The number of nitrogens with zero attached hydrogens (tertiary/aromatic N) is 5. The van der Waals surface area contributed by atoms with E-state index in [9.17, 15) is 10.1 Å². The Morgan fingerprint density at radius 1 is 1.22 bits per heavy atom. The lowest BCUT2D eigenvalue weighted by Gasteiger charge is -2.04. The van der Waals surface area contributed by atoms with Crippen LogP contribution < -0.4 is 0 Å². The summed E-state index contributed by atoms with van der Waals surface area (Å²) in [7, 11) is 0. The predicted octanol–water partition coefficient (Wildman–Crippen LogP) is 3.85. The summed E-state index contributed by atoms with van der Waals surface area (Å²) in [6.07, 6.45) is 4.41. The first-order chi connectivity index (χ1) is 11.0. The zero-order valence-corrected chi connectivity index (χ0v) is 14.4. The molecule has 0 aliphatic heterocycles. The smallest absolute Gasteiger partial charge is 0.271 e. The maximum atomic E-state index is 10.9. The van der Waals surface area contributed by atoms with Crippen molar-refractivity contribution in [3.8, 4) is 11.3 Å². The molecule has 2 heterocycles. The van der Waals surface area contributed by atoms with Crippen molar-refractivity contribution in [1.82, 2.24) is 14.9 Å². The van der Waals surface area contributed by atoms with Crippen LogP contribution in [0.25, 0.3) is 11.3 Å². The van der Waals surface area contributed by atoms with Gasteiger partial charge in [0, 0.05) is 26.6 Å². The lowest BCUT2D eigenvalue weighted by atomic mass is 10.1. The normalized spacial score (nSPS) is 11.2. The van der Waals surface area contributed by atoms with Gasteiger partial charge in [0.15, 0.2) is 0 Å².